The van der Waals surface area contributed by atoms with Gasteiger partial charge in [-0.05, 0) is 18.9 Å². The second-order valence-corrected chi connectivity index (χ2v) is 3.89. The van der Waals surface area contributed by atoms with Gasteiger partial charge in [-0.25, -0.2) is 4.39 Å². The Morgan fingerprint density at radius 1 is 1.19 bits per heavy atom. The molecule has 0 saturated carbocycles. The van der Waals surface area contributed by atoms with Crippen molar-refractivity contribution in [3.63, 3.8) is 0 Å². The predicted molar refractivity (Wildman–Crippen MR) is 65.1 cm³/mol. The largest absolute Gasteiger partial charge is 0.392 e. The van der Waals surface area contributed by atoms with E-state index in [2.05, 4.69) is 13.8 Å². The van der Waals surface area contributed by atoms with E-state index in [0.29, 0.717) is 11.3 Å². The minimum atomic E-state index is -0.242. The van der Waals surface area contributed by atoms with Gasteiger partial charge in [-0.3, -0.25) is 0 Å². The van der Waals surface area contributed by atoms with E-state index < -0.39 is 0 Å². The van der Waals surface area contributed by atoms with Gasteiger partial charge in [-0.15, -0.1) is 0 Å². The van der Waals surface area contributed by atoms with Crippen LogP contribution < -0.4 is 4.90 Å². The maximum atomic E-state index is 13.8. The summed E-state index contributed by atoms with van der Waals surface area (Å²) in [5.41, 5.74) is 1.23. The molecule has 1 rings (SSSR count). The van der Waals surface area contributed by atoms with Crippen molar-refractivity contribution in [2.24, 2.45) is 0 Å². The van der Waals surface area contributed by atoms with Crippen LogP contribution in [0.3, 0.4) is 0 Å². The number of rotatable bonds is 6. The predicted octanol–water partition coefficient (Wildman–Crippen LogP) is 2.94. The molecular weight excluding hydrogens is 205 g/mol. The Balaban J connectivity index is 3.05. The molecule has 0 aromatic heterocycles. The zero-order valence-electron chi connectivity index (χ0n) is 10.0. The molecule has 1 aromatic carbocycles. The van der Waals surface area contributed by atoms with E-state index >= 15 is 0 Å². The molecule has 3 heteroatoms. The molecule has 0 fully saturated rings. The third-order valence-electron chi connectivity index (χ3n) is 2.54. The highest BCUT2D eigenvalue weighted by Crippen LogP contribution is 2.25. The molecule has 0 aliphatic heterocycles. The standard InChI is InChI=1S/C13H20FNO/c1-3-8-15(9-4-2)13-11(10-16)6-5-7-12(13)14/h5-7,16H,3-4,8-10H2,1-2H3. The molecule has 0 saturated heterocycles. The minimum Gasteiger partial charge on any atom is -0.392 e. The van der Waals surface area contributed by atoms with Crippen molar-refractivity contribution in [2.45, 2.75) is 33.3 Å². The third-order valence-corrected chi connectivity index (χ3v) is 2.54. The molecule has 1 N–H and O–H groups in total. The molecule has 0 spiro atoms. The van der Waals surface area contributed by atoms with Crippen molar-refractivity contribution in [2.75, 3.05) is 18.0 Å². The highest BCUT2D eigenvalue weighted by atomic mass is 19.1. The first-order valence-corrected chi connectivity index (χ1v) is 5.87. The van der Waals surface area contributed by atoms with Crippen molar-refractivity contribution in [3.8, 4) is 0 Å². The number of halogens is 1. The second kappa shape index (κ2) is 6.48. The van der Waals surface area contributed by atoms with Crippen molar-refractivity contribution in [1.82, 2.24) is 0 Å². The Hall–Kier alpha value is -1.09. The number of anilines is 1. The van der Waals surface area contributed by atoms with Gasteiger partial charge in [0, 0.05) is 18.7 Å². The van der Waals surface area contributed by atoms with Crippen LogP contribution in [0.5, 0.6) is 0 Å². The van der Waals surface area contributed by atoms with Gasteiger partial charge in [0.15, 0.2) is 0 Å². The van der Waals surface area contributed by atoms with Crippen LogP contribution >= 0.6 is 0 Å². The maximum absolute atomic E-state index is 13.8. The van der Waals surface area contributed by atoms with Crippen LogP contribution in [0.15, 0.2) is 18.2 Å². The Morgan fingerprint density at radius 3 is 2.31 bits per heavy atom. The highest BCUT2D eigenvalue weighted by molar-refractivity contribution is 5.54. The van der Waals surface area contributed by atoms with Crippen molar-refractivity contribution in [1.29, 1.82) is 0 Å². The summed E-state index contributed by atoms with van der Waals surface area (Å²) >= 11 is 0. The number of aliphatic hydroxyl groups is 1. The van der Waals surface area contributed by atoms with Gasteiger partial charge in [0.25, 0.3) is 0 Å². The average molecular weight is 225 g/mol. The van der Waals surface area contributed by atoms with E-state index in [1.807, 2.05) is 4.90 Å². The van der Waals surface area contributed by atoms with Crippen LogP contribution in [-0.4, -0.2) is 18.2 Å². The van der Waals surface area contributed by atoms with E-state index in [1.54, 1.807) is 12.1 Å². The molecule has 0 aliphatic rings. The smallest absolute Gasteiger partial charge is 0.146 e. The lowest BCUT2D eigenvalue weighted by Crippen LogP contribution is -2.27. The molecule has 0 bridgehead atoms. The topological polar surface area (TPSA) is 23.5 Å². The molecule has 0 aliphatic carbocycles. The molecule has 16 heavy (non-hydrogen) atoms. The normalized spacial score (nSPS) is 10.5. The van der Waals surface area contributed by atoms with Gasteiger partial charge >= 0.3 is 0 Å². The van der Waals surface area contributed by atoms with Gasteiger partial charge in [0.05, 0.1) is 12.3 Å². The molecular formula is C13H20FNO. The first kappa shape index (κ1) is 13.0. The van der Waals surface area contributed by atoms with Crippen LogP contribution in [0.1, 0.15) is 32.3 Å². The quantitative estimate of drug-likeness (QED) is 0.804. The van der Waals surface area contributed by atoms with E-state index in [9.17, 15) is 9.50 Å². The summed E-state index contributed by atoms with van der Waals surface area (Å²) in [6, 6.07) is 4.87. The molecule has 0 atom stereocenters. The van der Waals surface area contributed by atoms with E-state index in [0.717, 1.165) is 25.9 Å². The van der Waals surface area contributed by atoms with Gasteiger partial charge in [-0.2, -0.15) is 0 Å². The van der Waals surface area contributed by atoms with Crippen LogP contribution in [0.4, 0.5) is 10.1 Å². The number of para-hydroxylation sites is 1. The molecule has 1 aromatic rings. The molecule has 0 heterocycles. The summed E-state index contributed by atoms with van der Waals surface area (Å²) in [6.07, 6.45) is 1.94. The Bertz CT molecular complexity index is 322. The van der Waals surface area contributed by atoms with E-state index in [-0.39, 0.29) is 12.4 Å². The number of hydrogen-bond donors (Lipinski definition) is 1. The Kier molecular flexibility index (Phi) is 5.26. The fourth-order valence-electron chi connectivity index (χ4n) is 1.92. The average Bonchev–Trinajstić information content (AvgIpc) is 2.28. The molecule has 90 valence electrons. The van der Waals surface area contributed by atoms with Crippen molar-refractivity contribution >= 4 is 5.69 Å². The molecule has 0 unspecified atom stereocenters. The number of hydrogen-bond acceptors (Lipinski definition) is 2. The molecule has 2 nitrogen and oxygen atoms in total. The first-order chi connectivity index (χ1) is 7.74. The van der Waals surface area contributed by atoms with E-state index in [1.165, 1.54) is 6.07 Å². The summed E-state index contributed by atoms with van der Waals surface area (Å²) in [5.74, 6) is -0.242. The maximum Gasteiger partial charge on any atom is 0.146 e. The summed E-state index contributed by atoms with van der Waals surface area (Å²) in [6.45, 7) is 5.67. The molecule has 0 radical (unpaired) electrons. The summed E-state index contributed by atoms with van der Waals surface area (Å²) < 4.78 is 13.8. The second-order valence-electron chi connectivity index (χ2n) is 3.89. The lowest BCUT2D eigenvalue weighted by atomic mass is 10.1. The van der Waals surface area contributed by atoms with Crippen LogP contribution in [-0.2, 0) is 6.61 Å². The SMILES string of the molecule is CCCN(CCC)c1c(F)cccc1CO. The third kappa shape index (κ3) is 2.95. The Morgan fingerprint density at radius 2 is 1.81 bits per heavy atom. The Labute approximate surface area is 96.7 Å². The monoisotopic (exact) mass is 225 g/mol. The van der Waals surface area contributed by atoms with Crippen molar-refractivity contribution in [3.05, 3.63) is 29.6 Å². The van der Waals surface area contributed by atoms with Crippen LogP contribution in [0.2, 0.25) is 0 Å². The fraction of sp³-hybridized carbons (Fsp3) is 0.538. The minimum absolute atomic E-state index is 0.114. The lowest BCUT2D eigenvalue weighted by Gasteiger charge is -2.26. The van der Waals surface area contributed by atoms with Crippen molar-refractivity contribution < 1.29 is 9.50 Å². The van der Waals surface area contributed by atoms with Crippen LogP contribution in [0.25, 0.3) is 0 Å². The first-order valence-electron chi connectivity index (χ1n) is 5.87. The van der Waals surface area contributed by atoms with Gasteiger partial charge in [0.2, 0.25) is 0 Å². The van der Waals surface area contributed by atoms with Gasteiger partial charge in [0.1, 0.15) is 5.82 Å². The van der Waals surface area contributed by atoms with Gasteiger partial charge in [-0.1, -0.05) is 26.0 Å². The van der Waals surface area contributed by atoms with E-state index in [4.69, 9.17) is 0 Å². The summed E-state index contributed by atoms with van der Waals surface area (Å²) in [4.78, 5) is 2.01. The lowest BCUT2D eigenvalue weighted by molar-refractivity contribution is 0.281. The zero-order chi connectivity index (χ0) is 12.0. The summed E-state index contributed by atoms with van der Waals surface area (Å²) in [7, 11) is 0. The summed E-state index contributed by atoms with van der Waals surface area (Å²) in [5, 5.41) is 9.23. The number of benzene rings is 1. The fourth-order valence-corrected chi connectivity index (χ4v) is 1.92. The van der Waals surface area contributed by atoms with Gasteiger partial charge < -0.3 is 10.0 Å². The molecule has 0 amide bonds. The zero-order valence-corrected chi connectivity index (χ0v) is 10.0. The highest BCUT2D eigenvalue weighted by Gasteiger charge is 2.14. The number of nitrogens with zero attached hydrogens (tertiary/aromatic N) is 1. The number of aliphatic hydroxyl groups excluding tert-OH is 1. The van der Waals surface area contributed by atoms with Crippen LogP contribution in [0, 0.1) is 5.82 Å².